The molecule has 0 radical (unpaired) electrons. The van der Waals surface area contributed by atoms with Crippen LogP contribution in [0.3, 0.4) is 0 Å². The van der Waals surface area contributed by atoms with Crippen LogP contribution in [0.4, 0.5) is 4.39 Å². The zero-order valence-corrected chi connectivity index (χ0v) is 20.3. The minimum atomic E-state index is -0.432. The van der Waals surface area contributed by atoms with Crippen LogP contribution < -0.4 is 4.74 Å². The van der Waals surface area contributed by atoms with Crippen molar-refractivity contribution < 1.29 is 18.7 Å². The van der Waals surface area contributed by atoms with Crippen LogP contribution in [0.5, 0.6) is 5.75 Å². The minimum absolute atomic E-state index is 0.0155. The number of amides is 2. The van der Waals surface area contributed by atoms with E-state index < -0.39 is 5.82 Å². The van der Waals surface area contributed by atoms with Gasteiger partial charge >= 0.3 is 0 Å². The maximum atomic E-state index is 14.1. The lowest BCUT2D eigenvalue weighted by Crippen LogP contribution is -2.49. The quantitative estimate of drug-likeness (QED) is 0.438. The van der Waals surface area contributed by atoms with Crippen LogP contribution in [0, 0.1) is 5.82 Å². The first-order valence-electron chi connectivity index (χ1n) is 11.6. The van der Waals surface area contributed by atoms with E-state index in [1.807, 2.05) is 43.5 Å². The number of thiophene rings is 1. The van der Waals surface area contributed by atoms with Crippen molar-refractivity contribution in [2.75, 3.05) is 19.7 Å². The highest BCUT2D eigenvalue weighted by Gasteiger charge is 2.34. The Morgan fingerprint density at radius 3 is 2.62 bits per heavy atom. The van der Waals surface area contributed by atoms with E-state index in [0.29, 0.717) is 12.1 Å². The molecule has 1 aromatic heterocycles. The summed E-state index contributed by atoms with van der Waals surface area (Å²) in [5, 5.41) is 2.01. The summed E-state index contributed by atoms with van der Waals surface area (Å²) in [5.41, 5.74) is 1.60. The van der Waals surface area contributed by atoms with Crippen molar-refractivity contribution in [2.45, 2.75) is 38.8 Å². The normalized spacial score (nSPS) is 16.0. The first kappa shape index (κ1) is 24.0. The Morgan fingerprint density at radius 2 is 1.88 bits per heavy atom. The SMILES string of the molecule is CC[C@@H](C)N(CC(=O)N1CCc2sccc2[C@@H]1COc1ccccc1F)C(=O)c1ccccc1. The molecule has 0 bridgehead atoms. The molecule has 0 spiro atoms. The van der Waals surface area contributed by atoms with Crippen LogP contribution in [0.2, 0.25) is 0 Å². The van der Waals surface area contributed by atoms with Gasteiger partial charge in [-0.2, -0.15) is 0 Å². The Balaban J connectivity index is 1.55. The summed E-state index contributed by atoms with van der Waals surface area (Å²) in [6.07, 6.45) is 1.49. The molecule has 7 heteroatoms. The van der Waals surface area contributed by atoms with E-state index in [4.69, 9.17) is 4.74 Å². The molecule has 0 N–H and O–H groups in total. The van der Waals surface area contributed by atoms with Crippen molar-refractivity contribution in [1.82, 2.24) is 9.80 Å². The average Bonchev–Trinajstić information content (AvgIpc) is 3.35. The number of rotatable bonds is 8. The number of hydrogen-bond acceptors (Lipinski definition) is 4. The molecule has 3 aromatic rings. The van der Waals surface area contributed by atoms with E-state index in [-0.39, 0.29) is 42.8 Å². The molecule has 2 atom stereocenters. The van der Waals surface area contributed by atoms with Gasteiger partial charge in [0.1, 0.15) is 13.2 Å². The molecule has 1 aliphatic heterocycles. The molecule has 0 fully saturated rings. The van der Waals surface area contributed by atoms with Crippen LogP contribution in [0.15, 0.2) is 66.0 Å². The summed E-state index contributed by atoms with van der Waals surface area (Å²) in [7, 11) is 0. The lowest BCUT2D eigenvalue weighted by Gasteiger charge is -2.38. The van der Waals surface area contributed by atoms with Crippen LogP contribution in [0.25, 0.3) is 0 Å². The van der Waals surface area contributed by atoms with Crippen LogP contribution >= 0.6 is 11.3 Å². The van der Waals surface area contributed by atoms with E-state index in [1.165, 1.54) is 10.9 Å². The number of carbonyl (C=O) groups excluding carboxylic acids is 2. The highest BCUT2D eigenvalue weighted by molar-refractivity contribution is 7.10. The smallest absolute Gasteiger partial charge is 0.254 e. The van der Waals surface area contributed by atoms with Gasteiger partial charge in [-0.05, 0) is 61.0 Å². The van der Waals surface area contributed by atoms with Gasteiger partial charge in [-0.3, -0.25) is 9.59 Å². The van der Waals surface area contributed by atoms with E-state index in [2.05, 4.69) is 0 Å². The summed E-state index contributed by atoms with van der Waals surface area (Å²) in [5.74, 6) is -0.560. The molecule has 2 amide bonds. The van der Waals surface area contributed by atoms with E-state index in [9.17, 15) is 14.0 Å². The summed E-state index contributed by atoms with van der Waals surface area (Å²) in [6.45, 7) is 4.63. The number of fused-ring (bicyclic) bond motifs is 1. The van der Waals surface area contributed by atoms with Crippen molar-refractivity contribution >= 4 is 23.2 Å². The third kappa shape index (κ3) is 5.14. The first-order valence-corrected chi connectivity index (χ1v) is 12.5. The van der Waals surface area contributed by atoms with Gasteiger partial charge in [0.25, 0.3) is 5.91 Å². The molecule has 0 saturated heterocycles. The molecule has 5 nitrogen and oxygen atoms in total. The Hall–Kier alpha value is -3.19. The number of halogens is 1. The Labute approximate surface area is 203 Å². The highest BCUT2D eigenvalue weighted by Crippen LogP contribution is 2.34. The molecule has 34 heavy (non-hydrogen) atoms. The molecule has 2 aromatic carbocycles. The predicted molar refractivity (Wildman–Crippen MR) is 132 cm³/mol. The van der Waals surface area contributed by atoms with Crippen molar-refractivity contribution in [3.63, 3.8) is 0 Å². The Bertz CT molecular complexity index is 1130. The second-order valence-electron chi connectivity index (χ2n) is 8.45. The molecular weight excluding hydrogens is 451 g/mol. The van der Waals surface area contributed by atoms with Crippen LogP contribution in [0.1, 0.15) is 47.1 Å². The van der Waals surface area contributed by atoms with Gasteiger partial charge in [-0.25, -0.2) is 4.39 Å². The molecule has 1 aliphatic rings. The fraction of sp³-hybridized carbons (Fsp3) is 0.333. The summed E-state index contributed by atoms with van der Waals surface area (Å²) >= 11 is 1.66. The number of hydrogen-bond donors (Lipinski definition) is 0. The monoisotopic (exact) mass is 480 g/mol. The molecule has 4 rings (SSSR count). The van der Waals surface area contributed by atoms with Gasteiger partial charge in [0.2, 0.25) is 5.91 Å². The third-order valence-corrected chi connectivity index (χ3v) is 7.36. The molecule has 0 saturated carbocycles. The molecule has 178 valence electrons. The Morgan fingerprint density at radius 1 is 1.15 bits per heavy atom. The predicted octanol–water partition coefficient (Wildman–Crippen LogP) is 5.33. The van der Waals surface area contributed by atoms with Crippen molar-refractivity contribution in [1.29, 1.82) is 0 Å². The molecular formula is C27H29FN2O3S. The first-order chi connectivity index (χ1) is 16.5. The average molecular weight is 481 g/mol. The molecule has 0 unspecified atom stereocenters. The third-order valence-electron chi connectivity index (χ3n) is 6.36. The lowest BCUT2D eigenvalue weighted by molar-refractivity contribution is -0.136. The maximum Gasteiger partial charge on any atom is 0.254 e. The van der Waals surface area contributed by atoms with Gasteiger partial charge in [-0.15, -0.1) is 11.3 Å². The van der Waals surface area contributed by atoms with Crippen molar-refractivity contribution in [3.8, 4) is 5.75 Å². The van der Waals surface area contributed by atoms with Crippen molar-refractivity contribution in [3.05, 3.63) is 87.9 Å². The zero-order chi connectivity index (χ0) is 24.1. The number of carbonyl (C=O) groups is 2. The van der Waals surface area contributed by atoms with Crippen molar-refractivity contribution in [2.24, 2.45) is 0 Å². The largest absolute Gasteiger partial charge is 0.488 e. The van der Waals surface area contributed by atoms with Gasteiger partial charge in [0.05, 0.1) is 6.04 Å². The standard InChI is InChI=1S/C27H29FN2O3S/c1-3-19(2)30(27(32)20-9-5-4-6-10-20)17-26(31)29-15-13-25-21(14-16-34-25)23(29)18-33-24-12-8-7-11-22(24)28/h4-12,14,16,19,23H,3,13,15,17-18H2,1-2H3/t19-,23+/m1/s1. The second-order valence-corrected chi connectivity index (χ2v) is 9.45. The summed E-state index contributed by atoms with van der Waals surface area (Å²) in [6, 6.07) is 16.9. The molecule has 0 aliphatic carbocycles. The zero-order valence-electron chi connectivity index (χ0n) is 19.4. The summed E-state index contributed by atoms with van der Waals surface area (Å²) in [4.78, 5) is 31.5. The van der Waals surface area contributed by atoms with Gasteiger partial charge in [0.15, 0.2) is 11.6 Å². The lowest BCUT2D eigenvalue weighted by atomic mass is 10.00. The fourth-order valence-electron chi connectivity index (χ4n) is 4.24. The summed E-state index contributed by atoms with van der Waals surface area (Å²) < 4.78 is 20.0. The van der Waals surface area contributed by atoms with Gasteiger partial charge in [0, 0.05) is 23.0 Å². The molecule has 2 heterocycles. The van der Waals surface area contributed by atoms with Crippen LogP contribution in [-0.4, -0.2) is 47.4 Å². The minimum Gasteiger partial charge on any atom is -0.488 e. The topological polar surface area (TPSA) is 49.9 Å². The van der Waals surface area contributed by atoms with Gasteiger partial charge < -0.3 is 14.5 Å². The number of benzene rings is 2. The highest BCUT2D eigenvalue weighted by atomic mass is 32.1. The number of para-hydroxylation sites is 1. The van der Waals surface area contributed by atoms with Crippen LogP contribution in [-0.2, 0) is 11.2 Å². The van der Waals surface area contributed by atoms with E-state index >= 15 is 0 Å². The Kier molecular flexibility index (Phi) is 7.63. The second kappa shape index (κ2) is 10.8. The maximum absolute atomic E-state index is 14.1. The number of ether oxygens (including phenoxy) is 1. The van der Waals surface area contributed by atoms with Gasteiger partial charge in [-0.1, -0.05) is 37.3 Å². The number of nitrogens with zero attached hydrogens (tertiary/aromatic N) is 2. The van der Waals surface area contributed by atoms with E-state index in [0.717, 1.165) is 18.4 Å². The fourth-order valence-corrected chi connectivity index (χ4v) is 5.16. The van der Waals surface area contributed by atoms with E-state index in [1.54, 1.807) is 51.5 Å².